The molecule has 1 aromatic rings. The van der Waals surface area contributed by atoms with Gasteiger partial charge in [0.1, 0.15) is 6.04 Å². The molecule has 4 nitrogen and oxygen atoms in total. The molecule has 0 radical (unpaired) electrons. The average Bonchev–Trinajstić information content (AvgIpc) is 2.68. The fraction of sp³-hybridized carbons (Fsp3) is 0.636. The molecule has 32 heavy (non-hydrogen) atoms. The van der Waals surface area contributed by atoms with Crippen LogP contribution in [0.2, 0.25) is 0 Å². The third-order valence-corrected chi connectivity index (χ3v) is 4.85. The Morgan fingerprint density at radius 3 is 2.06 bits per heavy atom. The second-order valence-corrected chi connectivity index (χ2v) is 7.89. The highest BCUT2D eigenvalue weighted by Gasteiger charge is 2.39. The van der Waals surface area contributed by atoms with Gasteiger partial charge in [-0.1, -0.05) is 52.9 Å². The van der Waals surface area contributed by atoms with Gasteiger partial charge in [-0.3, -0.25) is 4.79 Å². The topological polar surface area (TPSA) is 55.4 Å². The lowest BCUT2D eigenvalue weighted by Gasteiger charge is -2.22. The monoisotopic (exact) mass is 469 g/mol. The van der Waals surface area contributed by atoms with E-state index < -0.39 is 52.9 Å². The largest absolute Gasteiger partial charge is 0.464 e. The highest BCUT2D eigenvalue weighted by molar-refractivity contribution is 5.98. The summed E-state index contributed by atoms with van der Waals surface area (Å²) < 4.78 is 83.8. The number of alkyl halides is 6. The van der Waals surface area contributed by atoms with E-state index in [2.05, 4.69) is 12.2 Å². The lowest BCUT2D eigenvalue weighted by Crippen LogP contribution is -2.45. The Balaban J connectivity index is 2.92. The molecular weight excluding hydrogens is 440 g/mol. The van der Waals surface area contributed by atoms with Crippen molar-refractivity contribution in [3.8, 4) is 0 Å². The maximum Gasteiger partial charge on any atom is 0.417 e. The second-order valence-electron chi connectivity index (χ2n) is 7.89. The predicted molar refractivity (Wildman–Crippen MR) is 107 cm³/mol. The first-order chi connectivity index (χ1) is 14.8. The average molecular weight is 469 g/mol. The fourth-order valence-corrected chi connectivity index (χ4v) is 3.02. The molecule has 1 unspecified atom stereocenters. The summed E-state index contributed by atoms with van der Waals surface area (Å²) >= 11 is 0. The van der Waals surface area contributed by atoms with Crippen LogP contribution in [0.15, 0.2) is 18.2 Å². The Morgan fingerprint density at radius 2 is 1.53 bits per heavy atom. The summed E-state index contributed by atoms with van der Waals surface area (Å²) in [5.41, 5.74) is -4.13. The van der Waals surface area contributed by atoms with Gasteiger partial charge in [-0.25, -0.2) is 4.79 Å². The van der Waals surface area contributed by atoms with Crippen molar-refractivity contribution in [2.24, 2.45) is 5.92 Å². The van der Waals surface area contributed by atoms with E-state index in [-0.39, 0.29) is 24.8 Å². The molecule has 0 aromatic heterocycles. The fourth-order valence-electron chi connectivity index (χ4n) is 3.02. The lowest BCUT2D eigenvalue weighted by atomic mass is 10.00. The molecule has 1 rings (SSSR count). The molecule has 1 N–H and O–H groups in total. The zero-order chi connectivity index (χ0) is 24.5. The van der Waals surface area contributed by atoms with Gasteiger partial charge in [0.15, 0.2) is 0 Å². The van der Waals surface area contributed by atoms with Gasteiger partial charge in [-0.05, 0) is 30.5 Å². The summed E-state index contributed by atoms with van der Waals surface area (Å²) in [5, 5.41) is 2.11. The number of carbonyl (C=O) groups is 2. The molecule has 0 heterocycles. The van der Waals surface area contributed by atoms with Crippen molar-refractivity contribution >= 4 is 11.9 Å². The van der Waals surface area contributed by atoms with Crippen LogP contribution in [-0.2, 0) is 21.9 Å². The van der Waals surface area contributed by atoms with Crippen LogP contribution in [0.1, 0.15) is 80.8 Å². The number of amides is 1. The van der Waals surface area contributed by atoms with Gasteiger partial charge in [0.25, 0.3) is 5.91 Å². The number of carbonyl (C=O) groups excluding carboxylic acids is 2. The van der Waals surface area contributed by atoms with Crippen LogP contribution < -0.4 is 5.32 Å². The first-order valence-corrected chi connectivity index (χ1v) is 10.5. The SMILES string of the molecule is CCCCCCCCOC(=O)C(NC(=O)c1cc(C(F)(F)F)ccc1C(F)(F)F)C(C)C. The van der Waals surface area contributed by atoms with E-state index >= 15 is 0 Å². The van der Waals surface area contributed by atoms with Gasteiger partial charge in [-0.2, -0.15) is 26.3 Å². The maximum atomic E-state index is 13.3. The normalized spacial score (nSPS) is 13.2. The Morgan fingerprint density at radius 1 is 0.938 bits per heavy atom. The third-order valence-electron chi connectivity index (χ3n) is 4.85. The van der Waals surface area contributed by atoms with E-state index in [1.165, 1.54) is 13.8 Å². The summed E-state index contributed by atoms with van der Waals surface area (Å²) in [5.74, 6) is -2.84. The van der Waals surface area contributed by atoms with Crippen molar-refractivity contribution in [3.63, 3.8) is 0 Å². The summed E-state index contributed by atoms with van der Waals surface area (Å²) in [6.45, 7) is 5.24. The van der Waals surface area contributed by atoms with Crippen LogP contribution >= 0.6 is 0 Å². The Hall–Kier alpha value is -2.26. The molecule has 0 aliphatic carbocycles. The number of halogens is 6. The molecule has 10 heteroatoms. The first kappa shape index (κ1) is 27.8. The van der Waals surface area contributed by atoms with Gasteiger partial charge >= 0.3 is 18.3 Å². The maximum absolute atomic E-state index is 13.3. The number of unbranched alkanes of at least 4 members (excludes halogenated alkanes) is 5. The molecule has 1 atom stereocenters. The minimum atomic E-state index is -5.05. The molecule has 0 aliphatic heterocycles. The number of ether oxygens (including phenoxy) is 1. The van der Waals surface area contributed by atoms with Gasteiger partial charge in [-0.15, -0.1) is 0 Å². The molecule has 0 aliphatic rings. The molecule has 1 aromatic carbocycles. The van der Waals surface area contributed by atoms with E-state index in [4.69, 9.17) is 4.74 Å². The highest BCUT2D eigenvalue weighted by Crippen LogP contribution is 2.36. The first-order valence-electron chi connectivity index (χ1n) is 10.5. The summed E-state index contributed by atoms with van der Waals surface area (Å²) in [7, 11) is 0. The van der Waals surface area contributed by atoms with Crippen LogP contribution in [0.25, 0.3) is 0 Å². The van der Waals surface area contributed by atoms with Crippen molar-refractivity contribution in [2.45, 2.75) is 77.7 Å². The summed E-state index contributed by atoms with van der Waals surface area (Å²) in [6.07, 6.45) is -4.32. The van der Waals surface area contributed by atoms with E-state index in [1.54, 1.807) is 0 Å². The molecule has 0 fully saturated rings. The second kappa shape index (κ2) is 12.1. The van der Waals surface area contributed by atoms with Crippen molar-refractivity contribution in [1.29, 1.82) is 0 Å². The standard InChI is InChI=1S/C22H29F6NO3/c1-4-5-6-7-8-9-12-32-20(31)18(14(2)3)29-19(30)16-13-15(21(23,24)25)10-11-17(16)22(26,27)28/h10-11,13-14,18H,4-9,12H2,1-3H3,(H,29,30). The smallest absolute Gasteiger partial charge is 0.417 e. The van der Waals surface area contributed by atoms with Crippen molar-refractivity contribution in [2.75, 3.05) is 6.61 Å². The predicted octanol–water partition coefficient (Wildman–Crippen LogP) is 6.38. The van der Waals surface area contributed by atoms with Crippen LogP contribution in [0.3, 0.4) is 0 Å². The number of nitrogens with one attached hydrogen (secondary N) is 1. The van der Waals surface area contributed by atoms with Crippen LogP contribution in [0, 0.1) is 5.92 Å². The van der Waals surface area contributed by atoms with Crippen LogP contribution in [0.4, 0.5) is 26.3 Å². The molecule has 0 bridgehead atoms. The lowest BCUT2D eigenvalue weighted by molar-refractivity contribution is -0.147. The molecular formula is C22H29F6NO3. The van der Waals surface area contributed by atoms with Gasteiger partial charge in [0.05, 0.1) is 23.3 Å². The van der Waals surface area contributed by atoms with Gasteiger partial charge in [0, 0.05) is 0 Å². The molecule has 0 saturated heterocycles. The van der Waals surface area contributed by atoms with Crippen molar-refractivity contribution in [3.05, 3.63) is 34.9 Å². The van der Waals surface area contributed by atoms with E-state index in [0.717, 1.165) is 32.1 Å². The van der Waals surface area contributed by atoms with E-state index in [9.17, 15) is 35.9 Å². The minimum absolute atomic E-state index is 0.0847. The number of hydrogen-bond donors (Lipinski definition) is 1. The Kier molecular flexibility index (Phi) is 10.5. The summed E-state index contributed by atoms with van der Waals surface area (Å²) in [4.78, 5) is 24.9. The van der Waals surface area contributed by atoms with Gasteiger partial charge < -0.3 is 10.1 Å². The van der Waals surface area contributed by atoms with E-state index in [0.29, 0.717) is 6.42 Å². The molecule has 182 valence electrons. The number of esters is 1. The molecule has 0 spiro atoms. The number of rotatable bonds is 11. The zero-order valence-electron chi connectivity index (χ0n) is 18.3. The minimum Gasteiger partial charge on any atom is -0.464 e. The quantitative estimate of drug-likeness (QED) is 0.232. The third kappa shape index (κ3) is 8.70. The van der Waals surface area contributed by atoms with Crippen LogP contribution in [0.5, 0.6) is 0 Å². The number of benzene rings is 1. The summed E-state index contributed by atoms with van der Waals surface area (Å²) in [6, 6.07) is -0.706. The van der Waals surface area contributed by atoms with E-state index in [1.807, 2.05) is 0 Å². The molecule has 1 amide bonds. The van der Waals surface area contributed by atoms with Crippen LogP contribution in [-0.4, -0.2) is 24.5 Å². The van der Waals surface area contributed by atoms with Gasteiger partial charge in [0.2, 0.25) is 0 Å². The zero-order valence-corrected chi connectivity index (χ0v) is 18.3. The Labute approximate surface area is 183 Å². The molecule has 0 saturated carbocycles. The van der Waals surface area contributed by atoms with Crippen molar-refractivity contribution in [1.82, 2.24) is 5.32 Å². The Bertz CT molecular complexity index is 759. The highest BCUT2D eigenvalue weighted by atomic mass is 19.4. The van der Waals surface area contributed by atoms with Crippen molar-refractivity contribution < 1.29 is 40.7 Å². The number of hydrogen-bond acceptors (Lipinski definition) is 3.